The van der Waals surface area contributed by atoms with Gasteiger partial charge in [0.05, 0.1) is 25.9 Å². The first-order valence-electron chi connectivity index (χ1n) is 7.44. The van der Waals surface area contributed by atoms with Crippen molar-refractivity contribution in [3.8, 4) is 5.75 Å². The van der Waals surface area contributed by atoms with Gasteiger partial charge in [0.2, 0.25) is 5.91 Å². The smallest absolute Gasteiger partial charge is 0.267 e. The zero-order chi connectivity index (χ0) is 17.9. The van der Waals surface area contributed by atoms with Crippen molar-refractivity contribution in [1.82, 2.24) is 4.90 Å². The third-order valence-electron chi connectivity index (χ3n) is 3.35. The van der Waals surface area contributed by atoms with Crippen LogP contribution in [-0.2, 0) is 14.3 Å². The van der Waals surface area contributed by atoms with Gasteiger partial charge in [-0.15, -0.1) is 0 Å². The highest BCUT2D eigenvalue weighted by atomic mass is 19.3. The summed E-state index contributed by atoms with van der Waals surface area (Å²) in [5.74, 6) is -0.117. The van der Waals surface area contributed by atoms with E-state index in [-0.39, 0.29) is 17.2 Å². The van der Waals surface area contributed by atoms with E-state index in [4.69, 9.17) is 14.2 Å². The van der Waals surface area contributed by atoms with Crippen molar-refractivity contribution in [2.24, 2.45) is 0 Å². The molecular formula is C17H23F2NO4. The van der Waals surface area contributed by atoms with Gasteiger partial charge < -0.3 is 19.1 Å². The molecule has 24 heavy (non-hydrogen) atoms. The molecule has 5 nitrogen and oxygen atoms in total. The van der Waals surface area contributed by atoms with E-state index >= 15 is 0 Å². The van der Waals surface area contributed by atoms with Crippen molar-refractivity contribution in [2.45, 2.75) is 6.43 Å². The van der Waals surface area contributed by atoms with Crippen molar-refractivity contribution in [2.75, 3.05) is 47.6 Å². The number of halogens is 2. The van der Waals surface area contributed by atoms with E-state index in [1.54, 1.807) is 25.2 Å². The minimum absolute atomic E-state index is 0.121. The third kappa shape index (κ3) is 6.25. The number of carbonyl (C=O) groups is 1. The molecule has 1 aromatic rings. The summed E-state index contributed by atoms with van der Waals surface area (Å²) in [5.41, 5.74) is 0.292. The molecule has 0 saturated carbocycles. The molecule has 0 radical (unpaired) electrons. The molecule has 1 aromatic carbocycles. The number of hydrogen-bond donors (Lipinski definition) is 0. The lowest BCUT2D eigenvalue weighted by atomic mass is 10.1. The molecule has 0 aliphatic carbocycles. The Labute approximate surface area is 140 Å². The Bertz CT molecular complexity index is 541. The molecule has 134 valence electrons. The highest BCUT2D eigenvalue weighted by molar-refractivity contribution is 5.91. The topological polar surface area (TPSA) is 48.0 Å². The minimum atomic E-state index is -2.65. The van der Waals surface area contributed by atoms with Crippen LogP contribution < -0.4 is 4.74 Å². The molecule has 0 heterocycles. The predicted octanol–water partition coefficient (Wildman–Crippen LogP) is 2.77. The molecular weight excluding hydrogens is 320 g/mol. The normalized spacial score (nSPS) is 11.2. The summed E-state index contributed by atoms with van der Waals surface area (Å²) in [4.78, 5) is 13.8. The summed E-state index contributed by atoms with van der Waals surface area (Å²) in [6, 6.07) is 4.38. The summed E-state index contributed by atoms with van der Waals surface area (Å²) in [7, 11) is 4.44. The molecule has 0 unspecified atom stereocenters. The van der Waals surface area contributed by atoms with E-state index in [1.165, 1.54) is 31.4 Å². The molecule has 0 fully saturated rings. The number of hydrogen-bond acceptors (Lipinski definition) is 4. The van der Waals surface area contributed by atoms with E-state index in [2.05, 4.69) is 0 Å². The molecule has 0 spiro atoms. The molecule has 1 rings (SSSR count). The molecule has 0 N–H and O–H groups in total. The summed E-state index contributed by atoms with van der Waals surface area (Å²) in [5, 5.41) is 0. The molecule has 7 heteroatoms. The maximum Gasteiger partial charge on any atom is 0.267 e. The van der Waals surface area contributed by atoms with Crippen molar-refractivity contribution in [3.05, 3.63) is 35.4 Å². The van der Waals surface area contributed by atoms with Gasteiger partial charge in [0.15, 0.2) is 0 Å². The quantitative estimate of drug-likeness (QED) is 0.613. The number of amides is 1. The third-order valence-corrected chi connectivity index (χ3v) is 3.35. The van der Waals surface area contributed by atoms with Crippen molar-refractivity contribution in [3.63, 3.8) is 0 Å². The monoisotopic (exact) mass is 343 g/mol. The molecule has 0 bridgehead atoms. The van der Waals surface area contributed by atoms with Crippen molar-refractivity contribution in [1.29, 1.82) is 0 Å². The number of ether oxygens (including phenoxy) is 3. The maximum absolute atomic E-state index is 13.0. The Hall–Kier alpha value is -1.99. The first-order chi connectivity index (χ1) is 11.5. The average Bonchev–Trinajstić information content (AvgIpc) is 2.59. The van der Waals surface area contributed by atoms with Crippen LogP contribution in [-0.4, -0.2) is 58.4 Å². The standard InChI is InChI=1S/C17H23F2NO4/c1-22-10-8-20(9-11-23-2)16(21)7-5-13-4-6-15(24-3)14(12-13)17(18)19/h4-7,12,17H,8-11H2,1-3H3/b7-5+. The summed E-state index contributed by atoms with van der Waals surface area (Å²) >= 11 is 0. The number of alkyl halides is 2. The van der Waals surface area contributed by atoms with Crippen LogP contribution >= 0.6 is 0 Å². The Morgan fingerprint density at radius 2 is 1.79 bits per heavy atom. The first-order valence-corrected chi connectivity index (χ1v) is 7.44. The predicted molar refractivity (Wildman–Crippen MR) is 87.3 cm³/mol. The average molecular weight is 343 g/mol. The van der Waals surface area contributed by atoms with Gasteiger partial charge >= 0.3 is 0 Å². The highest BCUT2D eigenvalue weighted by Crippen LogP contribution is 2.30. The second-order valence-electron chi connectivity index (χ2n) is 4.95. The fraction of sp³-hybridized carbons (Fsp3) is 0.471. The van der Waals surface area contributed by atoms with E-state index in [9.17, 15) is 13.6 Å². The van der Waals surface area contributed by atoms with Gasteiger partial charge in [0.25, 0.3) is 6.43 Å². The van der Waals surface area contributed by atoms with Crippen LogP contribution in [0.4, 0.5) is 8.78 Å². The van der Waals surface area contributed by atoms with Crippen molar-refractivity contribution >= 4 is 12.0 Å². The zero-order valence-electron chi connectivity index (χ0n) is 14.1. The van der Waals surface area contributed by atoms with E-state index < -0.39 is 6.43 Å². The Morgan fingerprint density at radius 1 is 1.17 bits per heavy atom. The van der Waals surface area contributed by atoms with Gasteiger partial charge in [-0.05, 0) is 23.8 Å². The van der Waals surface area contributed by atoms with Gasteiger partial charge in [-0.3, -0.25) is 4.79 Å². The van der Waals surface area contributed by atoms with Crippen LogP contribution in [0.25, 0.3) is 6.08 Å². The van der Waals surface area contributed by atoms with Gasteiger partial charge in [0, 0.05) is 33.4 Å². The largest absolute Gasteiger partial charge is 0.496 e. The number of benzene rings is 1. The summed E-state index contributed by atoms with van der Waals surface area (Å²) in [6.07, 6.45) is 0.201. The summed E-state index contributed by atoms with van der Waals surface area (Å²) < 4.78 is 40.8. The fourth-order valence-electron chi connectivity index (χ4n) is 2.04. The Balaban J connectivity index is 2.84. The number of carbonyl (C=O) groups excluding carboxylic acids is 1. The van der Waals surface area contributed by atoms with Crippen molar-refractivity contribution < 1.29 is 27.8 Å². The van der Waals surface area contributed by atoms with E-state index in [0.717, 1.165) is 0 Å². The van der Waals surface area contributed by atoms with Crippen LogP contribution in [0.3, 0.4) is 0 Å². The van der Waals surface area contributed by atoms with Gasteiger partial charge in [-0.1, -0.05) is 6.07 Å². The molecule has 0 aliphatic heterocycles. The molecule has 0 atom stereocenters. The van der Waals surface area contributed by atoms with Crippen LogP contribution in [0.5, 0.6) is 5.75 Å². The Morgan fingerprint density at radius 3 is 2.29 bits per heavy atom. The van der Waals surface area contributed by atoms with Crippen LogP contribution in [0, 0.1) is 0 Å². The lowest BCUT2D eigenvalue weighted by Crippen LogP contribution is -2.35. The van der Waals surface area contributed by atoms with Gasteiger partial charge in [-0.2, -0.15) is 0 Å². The van der Waals surface area contributed by atoms with E-state index in [1.807, 2.05) is 0 Å². The van der Waals surface area contributed by atoms with Crippen LogP contribution in [0.15, 0.2) is 24.3 Å². The molecule has 1 amide bonds. The number of nitrogens with zero attached hydrogens (tertiary/aromatic N) is 1. The lowest BCUT2D eigenvalue weighted by molar-refractivity contribution is -0.127. The Kier molecular flexibility index (Phi) is 8.96. The molecule has 0 saturated heterocycles. The highest BCUT2D eigenvalue weighted by Gasteiger charge is 2.14. The fourth-order valence-corrected chi connectivity index (χ4v) is 2.04. The van der Waals surface area contributed by atoms with Gasteiger partial charge in [-0.25, -0.2) is 8.78 Å². The van der Waals surface area contributed by atoms with Gasteiger partial charge in [0.1, 0.15) is 5.75 Å². The van der Waals surface area contributed by atoms with Crippen LogP contribution in [0.1, 0.15) is 17.6 Å². The zero-order valence-corrected chi connectivity index (χ0v) is 14.1. The molecule has 0 aliphatic rings. The summed E-state index contributed by atoms with van der Waals surface area (Å²) in [6.45, 7) is 1.66. The second kappa shape index (κ2) is 10.7. The molecule has 0 aromatic heterocycles. The van der Waals surface area contributed by atoms with Crippen LogP contribution in [0.2, 0.25) is 0 Å². The maximum atomic E-state index is 13.0. The minimum Gasteiger partial charge on any atom is -0.496 e. The lowest BCUT2D eigenvalue weighted by Gasteiger charge is -2.20. The number of rotatable bonds is 10. The first kappa shape index (κ1) is 20.1. The second-order valence-corrected chi connectivity index (χ2v) is 4.95. The number of methoxy groups -OCH3 is 3. The SMILES string of the molecule is COCCN(CCOC)C(=O)/C=C/c1ccc(OC)c(C(F)F)c1. The van der Waals surface area contributed by atoms with E-state index in [0.29, 0.717) is 31.9 Å².